The van der Waals surface area contributed by atoms with Crippen LogP contribution in [0.4, 0.5) is 0 Å². The maximum absolute atomic E-state index is 4.00. The van der Waals surface area contributed by atoms with Gasteiger partial charge in [-0.1, -0.05) is 27.7 Å². The van der Waals surface area contributed by atoms with Crippen molar-refractivity contribution in [2.75, 3.05) is 6.54 Å². The highest BCUT2D eigenvalue weighted by atomic mass is 14.7. The molecule has 0 aromatic rings. The van der Waals surface area contributed by atoms with Crippen molar-refractivity contribution in [2.45, 2.75) is 34.1 Å². The topological polar surface area (TPSA) is 27.6 Å². The minimum atomic E-state index is 0.603. The lowest BCUT2D eigenvalue weighted by atomic mass is 10.0. The van der Waals surface area contributed by atoms with Crippen LogP contribution < -0.4 is 5.73 Å². The molecule has 0 spiro atoms. The normalized spacial score (nSPS) is 34.4. The molecule has 1 aliphatic carbocycles. The molecular weight excluding hydrogens is 134 g/mol. The van der Waals surface area contributed by atoms with Crippen LogP contribution in [0.25, 0.3) is 0 Å². The number of quaternary nitrogens is 1. The zero-order chi connectivity index (χ0) is 8.65. The minimum absolute atomic E-state index is 0.603. The zero-order valence-corrected chi connectivity index (χ0v) is 8.35. The number of hydrogen-bond donors (Lipinski definition) is 1. The van der Waals surface area contributed by atoms with Crippen molar-refractivity contribution in [2.24, 2.45) is 23.2 Å². The Bertz CT molecular complexity index is 138. The van der Waals surface area contributed by atoms with Gasteiger partial charge in [-0.2, -0.15) is 0 Å². The van der Waals surface area contributed by atoms with Crippen molar-refractivity contribution in [1.82, 2.24) is 0 Å². The summed E-state index contributed by atoms with van der Waals surface area (Å²) >= 11 is 0. The third kappa shape index (κ3) is 1.58. The van der Waals surface area contributed by atoms with Gasteiger partial charge in [0.05, 0.1) is 6.54 Å². The average molecular weight is 156 g/mol. The Morgan fingerprint density at radius 3 is 2.09 bits per heavy atom. The Morgan fingerprint density at radius 2 is 1.82 bits per heavy atom. The molecule has 0 saturated heterocycles. The van der Waals surface area contributed by atoms with E-state index in [1.54, 1.807) is 0 Å². The highest BCUT2D eigenvalue weighted by Crippen LogP contribution is 2.59. The fourth-order valence-corrected chi connectivity index (χ4v) is 2.41. The van der Waals surface area contributed by atoms with Gasteiger partial charge in [-0.15, -0.1) is 0 Å². The predicted molar refractivity (Wildman–Crippen MR) is 48.0 cm³/mol. The molecule has 66 valence electrons. The van der Waals surface area contributed by atoms with Gasteiger partial charge >= 0.3 is 0 Å². The van der Waals surface area contributed by atoms with Crippen LogP contribution in [0.3, 0.4) is 0 Å². The van der Waals surface area contributed by atoms with Crippen molar-refractivity contribution in [3.8, 4) is 0 Å². The maximum atomic E-state index is 4.00. The number of rotatable bonds is 3. The largest absolute Gasteiger partial charge is 0.357 e. The van der Waals surface area contributed by atoms with Crippen LogP contribution in [-0.4, -0.2) is 6.54 Å². The molecule has 1 rings (SSSR count). The predicted octanol–water partition coefficient (Wildman–Crippen LogP) is 1.55. The second-order valence-corrected chi connectivity index (χ2v) is 4.95. The third-order valence-corrected chi connectivity index (χ3v) is 3.32. The van der Waals surface area contributed by atoms with E-state index < -0.39 is 0 Å². The summed E-state index contributed by atoms with van der Waals surface area (Å²) in [6.45, 7) is 10.5. The van der Waals surface area contributed by atoms with Crippen LogP contribution in [0.5, 0.6) is 0 Å². The van der Waals surface area contributed by atoms with Crippen LogP contribution in [-0.2, 0) is 0 Å². The minimum Gasteiger partial charge on any atom is -0.357 e. The lowest BCUT2D eigenvalue weighted by Crippen LogP contribution is -2.52. The standard InChI is InChI=1S/C10H21N/c1-7(2)5-8-9(6-11)10(8,3)4/h7-9H,5-6,11H2,1-4H3/p+1/t8-,9+/m0/s1. The van der Waals surface area contributed by atoms with Crippen molar-refractivity contribution < 1.29 is 5.73 Å². The Balaban J connectivity index is 2.39. The van der Waals surface area contributed by atoms with E-state index in [9.17, 15) is 0 Å². The highest BCUT2D eigenvalue weighted by molar-refractivity contribution is 5.04. The summed E-state index contributed by atoms with van der Waals surface area (Å²) < 4.78 is 0. The van der Waals surface area contributed by atoms with Crippen LogP contribution in [0.1, 0.15) is 34.1 Å². The van der Waals surface area contributed by atoms with Crippen LogP contribution in [0.2, 0.25) is 0 Å². The maximum Gasteiger partial charge on any atom is 0.0776 e. The molecular formula is C10H22N+. The summed E-state index contributed by atoms with van der Waals surface area (Å²) in [6.07, 6.45) is 1.40. The molecule has 1 fully saturated rings. The third-order valence-electron chi connectivity index (χ3n) is 3.32. The molecule has 0 bridgehead atoms. The molecule has 1 aliphatic rings. The van der Waals surface area contributed by atoms with Crippen molar-refractivity contribution in [1.29, 1.82) is 0 Å². The second-order valence-electron chi connectivity index (χ2n) is 4.95. The van der Waals surface area contributed by atoms with Crippen LogP contribution in [0, 0.1) is 23.2 Å². The van der Waals surface area contributed by atoms with Crippen molar-refractivity contribution >= 4 is 0 Å². The molecule has 0 radical (unpaired) electrons. The van der Waals surface area contributed by atoms with Crippen molar-refractivity contribution in [3.63, 3.8) is 0 Å². The van der Waals surface area contributed by atoms with Gasteiger partial charge in [-0.3, -0.25) is 0 Å². The molecule has 1 heteroatoms. The Labute approximate surface area is 70.4 Å². The first-order chi connectivity index (χ1) is 5.00. The SMILES string of the molecule is CC(C)C[C@H]1[C@@H](C[NH3+])C1(C)C. The summed E-state index contributed by atoms with van der Waals surface area (Å²) in [5, 5.41) is 0. The van der Waals surface area contributed by atoms with Gasteiger partial charge in [-0.25, -0.2) is 0 Å². The Kier molecular flexibility index (Phi) is 2.29. The van der Waals surface area contributed by atoms with Gasteiger partial charge in [0, 0.05) is 5.92 Å². The summed E-state index contributed by atoms with van der Waals surface area (Å²) in [4.78, 5) is 0. The summed E-state index contributed by atoms with van der Waals surface area (Å²) in [6, 6.07) is 0. The van der Waals surface area contributed by atoms with E-state index in [0.29, 0.717) is 5.41 Å². The van der Waals surface area contributed by atoms with E-state index in [0.717, 1.165) is 24.3 Å². The molecule has 0 heterocycles. The lowest BCUT2D eigenvalue weighted by molar-refractivity contribution is -0.374. The molecule has 1 nitrogen and oxygen atoms in total. The summed E-state index contributed by atoms with van der Waals surface area (Å²) in [5.74, 6) is 2.72. The molecule has 0 aromatic heterocycles. The van der Waals surface area contributed by atoms with E-state index in [1.807, 2.05) is 0 Å². The molecule has 0 unspecified atom stereocenters. The number of hydrogen-bond acceptors (Lipinski definition) is 0. The zero-order valence-electron chi connectivity index (χ0n) is 8.35. The summed E-state index contributed by atoms with van der Waals surface area (Å²) in [5.41, 5.74) is 4.60. The smallest absolute Gasteiger partial charge is 0.0776 e. The van der Waals surface area contributed by atoms with Gasteiger partial charge in [0.25, 0.3) is 0 Å². The van der Waals surface area contributed by atoms with Crippen LogP contribution in [0.15, 0.2) is 0 Å². The molecule has 3 N–H and O–H groups in total. The monoisotopic (exact) mass is 156 g/mol. The fraction of sp³-hybridized carbons (Fsp3) is 1.00. The quantitative estimate of drug-likeness (QED) is 0.642. The fourth-order valence-electron chi connectivity index (χ4n) is 2.41. The van der Waals surface area contributed by atoms with E-state index in [4.69, 9.17) is 0 Å². The summed E-state index contributed by atoms with van der Waals surface area (Å²) in [7, 11) is 0. The van der Waals surface area contributed by atoms with E-state index in [1.165, 1.54) is 6.42 Å². The lowest BCUT2D eigenvalue weighted by Gasteiger charge is -2.04. The molecule has 11 heavy (non-hydrogen) atoms. The molecule has 0 amide bonds. The Hall–Kier alpha value is -0.0400. The molecule has 0 aliphatic heterocycles. The molecule has 1 saturated carbocycles. The first-order valence-corrected chi connectivity index (χ1v) is 4.79. The van der Waals surface area contributed by atoms with E-state index in [-0.39, 0.29) is 0 Å². The molecule has 0 aromatic carbocycles. The Morgan fingerprint density at radius 1 is 1.27 bits per heavy atom. The van der Waals surface area contributed by atoms with Gasteiger partial charge < -0.3 is 5.73 Å². The average Bonchev–Trinajstić information content (AvgIpc) is 2.33. The van der Waals surface area contributed by atoms with E-state index >= 15 is 0 Å². The van der Waals surface area contributed by atoms with Gasteiger partial charge in [-0.05, 0) is 23.7 Å². The highest BCUT2D eigenvalue weighted by Gasteiger charge is 2.57. The van der Waals surface area contributed by atoms with Gasteiger partial charge in [0.15, 0.2) is 0 Å². The van der Waals surface area contributed by atoms with Crippen LogP contribution >= 0.6 is 0 Å². The second kappa shape index (κ2) is 2.78. The van der Waals surface area contributed by atoms with E-state index in [2.05, 4.69) is 33.4 Å². The first-order valence-electron chi connectivity index (χ1n) is 4.79. The first kappa shape index (κ1) is 9.05. The van der Waals surface area contributed by atoms with Crippen molar-refractivity contribution in [3.05, 3.63) is 0 Å². The molecule has 2 atom stereocenters. The van der Waals surface area contributed by atoms with Gasteiger partial charge in [0.1, 0.15) is 0 Å². The van der Waals surface area contributed by atoms with Gasteiger partial charge in [0.2, 0.25) is 0 Å².